The van der Waals surface area contributed by atoms with E-state index < -0.39 is 5.97 Å². The first kappa shape index (κ1) is 9.73. The highest BCUT2D eigenvalue weighted by Crippen LogP contribution is 1.95. The van der Waals surface area contributed by atoms with Gasteiger partial charge in [-0.25, -0.2) is 9.78 Å². The molecule has 0 aliphatic carbocycles. The molecule has 5 heteroatoms. The Morgan fingerprint density at radius 1 is 1.77 bits per heavy atom. The fourth-order valence-corrected chi connectivity index (χ4v) is 0.960. The highest BCUT2D eigenvalue weighted by atomic mass is 16.5. The molecule has 1 rings (SSSR count). The van der Waals surface area contributed by atoms with Crippen LogP contribution in [-0.4, -0.2) is 33.8 Å². The first-order chi connectivity index (χ1) is 6.20. The van der Waals surface area contributed by atoms with E-state index in [0.29, 0.717) is 13.0 Å². The number of aromatic nitrogens is 2. The molecule has 5 nitrogen and oxygen atoms in total. The summed E-state index contributed by atoms with van der Waals surface area (Å²) >= 11 is 0. The monoisotopic (exact) mass is 184 g/mol. The molecule has 0 bridgehead atoms. The molecule has 0 aromatic carbocycles. The maximum Gasteiger partial charge on any atom is 0.329 e. The molecular weight excluding hydrogens is 172 g/mol. The zero-order valence-corrected chi connectivity index (χ0v) is 7.43. The average Bonchev–Trinajstić information content (AvgIpc) is 2.45. The third kappa shape index (κ3) is 3.25. The van der Waals surface area contributed by atoms with Gasteiger partial charge in [0.05, 0.1) is 6.61 Å². The second-order valence-electron chi connectivity index (χ2n) is 2.65. The second kappa shape index (κ2) is 4.61. The lowest BCUT2D eigenvalue weighted by Crippen LogP contribution is -2.10. The van der Waals surface area contributed by atoms with Crippen LogP contribution in [0.2, 0.25) is 0 Å². The van der Waals surface area contributed by atoms with Crippen molar-refractivity contribution < 1.29 is 14.6 Å². The molecule has 1 heterocycles. The van der Waals surface area contributed by atoms with Crippen LogP contribution in [0, 0.1) is 0 Å². The Morgan fingerprint density at radius 3 is 3.08 bits per heavy atom. The third-order valence-corrected chi connectivity index (χ3v) is 1.62. The normalized spacial score (nSPS) is 10.2. The fourth-order valence-electron chi connectivity index (χ4n) is 0.960. The minimum Gasteiger partial charge on any atom is -0.480 e. The molecule has 0 unspecified atom stereocenters. The number of imidazole rings is 1. The smallest absolute Gasteiger partial charge is 0.329 e. The van der Waals surface area contributed by atoms with Gasteiger partial charge in [-0.2, -0.15) is 0 Å². The molecule has 13 heavy (non-hydrogen) atoms. The highest BCUT2D eigenvalue weighted by Gasteiger charge is 2.00. The number of nitrogens with zero attached hydrogens (tertiary/aromatic N) is 2. The van der Waals surface area contributed by atoms with E-state index in [1.807, 2.05) is 17.8 Å². The van der Waals surface area contributed by atoms with Crippen LogP contribution in [0.4, 0.5) is 0 Å². The Balaban J connectivity index is 2.20. The number of carboxylic acids is 1. The largest absolute Gasteiger partial charge is 0.480 e. The van der Waals surface area contributed by atoms with Crippen molar-refractivity contribution in [3.8, 4) is 0 Å². The van der Waals surface area contributed by atoms with Gasteiger partial charge >= 0.3 is 5.97 Å². The summed E-state index contributed by atoms with van der Waals surface area (Å²) in [6.07, 6.45) is 4.18. The number of ether oxygens (including phenoxy) is 1. The molecule has 0 saturated carbocycles. The number of aryl methyl sites for hydroxylation is 1. The molecule has 72 valence electrons. The molecule has 0 saturated heterocycles. The van der Waals surface area contributed by atoms with Gasteiger partial charge in [-0.1, -0.05) is 0 Å². The van der Waals surface area contributed by atoms with Crippen LogP contribution in [0.1, 0.15) is 5.82 Å². The fraction of sp³-hybridized carbons (Fsp3) is 0.500. The van der Waals surface area contributed by atoms with Crippen molar-refractivity contribution in [3.05, 3.63) is 18.2 Å². The summed E-state index contributed by atoms with van der Waals surface area (Å²) in [4.78, 5) is 14.1. The van der Waals surface area contributed by atoms with Crippen LogP contribution in [0.3, 0.4) is 0 Å². The van der Waals surface area contributed by atoms with E-state index >= 15 is 0 Å². The van der Waals surface area contributed by atoms with Gasteiger partial charge in [0.2, 0.25) is 0 Å². The number of carbonyl (C=O) groups is 1. The molecule has 0 aliphatic rings. The van der Waals surface area contributed by atoms with Gasteiger partial charge in [0.15, 0.2) is 0 Å². The Hall–Kier alpha value is -1.36. The van der Waals surface area contributed by atoms with Crippen molar-refractivity contribution in [2.75, 3.05) is 13.2 Å². The number of hydrogen-bond acceptors (Lipinski definition) is 3. The van der Waals surface area contributed by atoms with Crippen LogP contribution < -0.4 is 0 Å². The lowest BCUT2D eigenvalue weighted by atomic mass is 10.4. The van der Waals surface area contributed by atoms with Crippen LogP contribution in [0.5, 0.6) is 0 Å². The highest BCUT2D eigenvalue weighted by molar-refractivity contribution is 5.67. The van der Waals surface area contributed by atoms with Gasteiger partial charge in [-0.15, -0.1) is 0 Å². The minimum atomic E-state index is -0.945. The summed E-state index contributed by atoms with van der Waals surface area (Å²) in [5.74, 6) is -0.0507. The molecule has 0 atom stereocenters. The van der Waals surface area contributed by atoms with Gasteiger partial charge < -0.3 is 14.4 Å². The van der Waals surface area contributed by atoms with Crippen LogP contribution >= 0.6 is 0 Å². The number of hydrogen-bond donors (Lipinski definition) is 1. The summed E-state index contributed by atoms with van der Waals surface area (Å²) in [7, 11) is 1.89. The molecule has 0 fully saturated rings. The van der Waals surface area contributed by atoms with Gasteiger partial charge in [-0.3, -0.25) is 0 Å². The van der Waals surface area contributed by atoms with Gasteiger partial charge in [0, 0.05) is 25.9 Å². The number of carboxylic acid groups (broad SMARTS) is 1. The van der Waals surface area contributed by atoms with Crippen molar-refractivity contribution in [3.63, 3.8) is 0 Å². The zero-order valence-electron chi connectivity index (χ0n) is 7.43. The second-order valence-corrected chi connectivity index (χ2v) is 2.65. The summed E-state index contributed by atoms with van der Waals surface area (Å²) in [5.41, 5.74) is 0. The van der Waals surface area contributed by atoms with Crippen molar-refractivity contribution >= 4 is 5.97 Å². The Morgan fingerprint density at radius 2 is 2.54 bits per heavy atom. The van der Waals surface area contributed by atoms with E-state index in [-0.39, 0.29) is 6.61 Å². The molecular formula is C8H12N2O3. The van der Waals surface area contributed by atoms with E-state index in [1.54, 1.807) is 6.20 Å². The average molecular weight is 184 g/mol. The van der Waals surface area contributed by atoms with Crippen LogP contribution in [0.15, 0.2) is 12.4 Å². The molecule has 0 aliphatic heterocycles. The van der Waals surface area contributed by atoms with Gasteiger partial charge in [0.25, 0.3) is 0 Å². The maximum atomic E-state index is 10.1. The van der Waals surface area contributed by atoms with E-state index in [2.05, 4.69) is 4.98 Å². The van der Waals surface area contributed by atoms with Gasteiger partial charge in [0.1, 0.15) is 12.4 Å². The number of rotatable bonds is 5. The summed E-state index contributed by atoms with van der Waals surface area (Å²) in [6.45, 7) is 0.140. The number of aliphatic carboxylic acids is 1. The maximum absolute atomic E-state index is 10.1. The molecule has 0 radical (unpaired) electrons. The first-order valence-electron chi connectivity index (χ1n) is 3.96. The quantitative estimate of drug-likeness (QED) is 0.657. The van der Waals surface area contributed by atoms with Crippen LogP contribution in [-0.2, 0) is 23.0 Å². The van der Waals surface area contributed by atoms with E-state index in [0.717, 1.165) is 5.82 Å². The lowest BCUT2D eigenvalue weighted by molar-refractivity contribution is -0.142. The lowest BCUT2D eigenvalue weighted by Gasteiger charge is -2.01. The van der Waals surface area contributed by atoms with Gasteiger partial charge in [-0.05, 0) is 0 Å². The SMILES string of the molecule is Cn1ccnc1CCOCC(=O)O. The summed E-state index contributed by atoms with van der Waals surface area (Å²) in [6, 6.07) is 0. The summed E-state index contributed by atoms with van der Waals surface area (Å²) in [5, 5.41) is 8.28. The Labute approximate surface area is 76.0 Å². The minimum absolute atomic E-state index is 0.246. The topological polar surface area (TPSA) is 64.4 Å². The van der Waals surface area contributed by atoms with Crippen molar-refractivity contribution in [2.24, 2.45) is 7.05 Å². The molecule has 1 aromatic heterocycles. The molecule has 1 aromatic rings. The summed E-state index contributed by atoms with van der Waals surface area (Å²) < 4.78 is 6.75. The Kier molecular flexibility index (Phi) is 3.45. The predicted molar refractivity (Wildman–Crippen MR) is 45.4 cm³/mol. The molecule has 0 amide bonds. The van der Waals surface area contributed by atoms with Crippen molar-refractivity contribution in [1.82, 2.24) is 9.55 Å². The standard InChI is InChI=1S/C8H12N2O3/c1-10-4-3-9-7(10)2-5-13-6-8(11)12/h3-4H,2,5-6H2,1H3,(H,11,12). The zero-order chi connectivity index (χ0) is 9.68. The first-order valence-corrected chi connectivity index (χ1v) is 3.96. The molecule has 0 spiro atoms. The van der Waals surface area contributed by atoms with E-state index in [9.17, 15) is 4.79 Å². The Bertz CT molecular complexity index is 283. The predicted octanol–water partition coefficient (Wildman–Crippen LogP) is 0.0638. The van der Waals surface area contributed by atoms with Crippen LogP contribution in [0.25, 0.3) is 0 Å². The van der Waals surface area contributed by atoms with E-state index in [1.165, 1.54) is 0 Å². The van der Waals surface area contributed by atoms with Crippen molar-refractivity contribution in [1.29, 1.82) is 0 Å². The third-order valence-electron chi connectivity index (χ3n) is 1.62. The van der Waals surface area contributed by atoms with Crippen molar-refractivity contribution in [2.45, 2.75) is 6.42 Å². The van der Waals surface area contributed by atoms with E-state index in [4.69, 9.17) is 9.84 Å². The molecule has 1 N–H and O–H groups in total.